The molecule has 2 aromatic heterocycles. The second kappa shape index (κ2) is 12.1. The third-order valence-corrected chi connectivity index (χ3v) is 5.90. The Morgan fingerprint density at radius 1 is 1.24 bits per heavy atom. The molecule has 2 heterocycles. The lowest BCUT2D eigenvalue weighted by molar-refractivity contribution is 0.0999. The van der Waals surface area contributed by atoms with Crippen LogP contribution in [0.1, 0.15) is 30.4 Å². The fourth-order valence-corrected chi connectivity index (χ4v) is 4.18. The average molecular weight is 494 g/mol. The number of hydrogen-bond acceptors (Lipinski definition) is 5. The summed E-state index contributed by atoms with van der Waals surface area (Å²) in [5, 5.41) is 10.4. The number of benzene rings is 1. The molecule has 1 aromatic carbocycles. The zero-order valence-corrected chi connectivity index (χ0v) is 19.9. The van der Waals surface area contributed by atoms with Crippen molar-refractivity contribution < 1.29 is 27.8 Å². The second-order valence-corrected chi connectivity index (χ2v) is 7.91. The predicted molar refractivity (Wildman–Crippen MR) is 129 cm³/mol. The van der Waals surface area contributed by atoms with E-state index in [9.17, 15) is 23.1 Å². The van der Waals surface area contributed by atoms with Gasteiger partial charge in [0.25, 0.3) is 12.3 Å². The molecule has 1 unspecified atom stereocenters. The van der Waals surface area contributed by atoms with E-state index >= 15 is 0 Å². The van der Waals surface area contributed by atoms with Gasteiger partial charge >= 0.3 is 0 Å². The average Bonchev–Trinajstić information content (AvgIpc) is 3.41. The van der Waals surface area contributed by atoms with Crippen molar-refractivity contribution in [2.45, 2.75) is 33.3 Å². The van der Waals surface area contributed by atoms with Crippen molar-refractivity contribution in [2.75, 3.05) is 7.18 Å². The Kier molecular flexibility index (Phi) is 9.49. The number of phenolic OH excluding ortho intramolecular Hbond substituents is 1. The van der Waals surface area contributed by atoms with Crippen LogP contribution in [0.25, 0.3) is 16.0 Å². The fraction of sp³-hybridized carbons (Fsp3) is 0.250. The molecule has 0 fully saturated rings. The Labute approximate surface area is 199 Å². The first-order chi connectivity index (χ1) is 16.3. The molecule has 0 aliphatic rings. The molecule has 0 aliphatic carbocycles. The number of aromatic hydroxyl groups is 1. The van der Waals surface area contributed by atoms with Crippen molar-refractivity contribution in [3.8, 4) is 16.5 Å². The number of rotatable bonds is 8. The molecule has 10 heteroatoms. The summed E-state index contributed by atoms with van der Waals surface area (Å²) in [7, 11) is 0.500. The molecule has 3 N–H and O–H groups in total. The van der Waals surface area contributed by atoms with E-state index in [1.54, 1.807) is 61.2 Å². The number of alkyl halides is 3. The third kappa shape index (κ3) is 5.88. The fourth-order valence-electron chi connectivity index (χ4n) is 3.25. The molecule has 3 aromatic rings. The summed E-state index contributed by atoms with van der Waals surface area (Å²) in [4.78, 5) is 16.5. The van der Waals surface area contributed by atoms with E-state index in [0.717, 1.165) is 11.3 Å². The molecule has 34 heavy (non-hydrogen) atoms. The van der Waals surface area contributed by atoms with Crippen LogP contribution in [0.5, 0.6) is 11.5 Å². The Hall–Kier alpha value is -3.53. The molecule has 0 spiro atoms. The van der Waals surface area contributed by atoms with Crippen LogP contribution >= 0.6 is 11.3 Å². The Morgan fingerprint density at radius 2 is 1.94 bits per heavy atom. The molecule has 3 rings (SSSR count). The van der Waals surface area contributed by atoms with Crippen molar-refractivity contribution >= 4 is 28.3 Å². The quantitative estimate of drug-likeness (QED) is 0.379. The molecule has 0 radical (unpaired) electrons. The lowest BCUT2D eigenvalue weighted by Gasteiger charge is -2.20. The van der Waals surface area contributed by atoms with Gasteiger partial charge in [-0.05, 0) is 32.9 Å². The maximum Gasteiger partial charge on any atom is 0.263 e. The van der Waals surface area contributed by atoms with Crippen molar-refractivity contribution in [1.82, 2.24) is 9.55 Å². The molecule has 1 amide bonds. The van der Waals surface area contributed by atoms with Crippen LogP contribution in [-0.4, -0.2) is 40.3 Å². The number of nitrogens with two attached hydrogens (primary N) is 1. The molecule has 0 saturated carbocycles. The number of nitrogens with zero attached hydrogens (tertiary/aromatic N) is 2. The summed E-state index contributed by atoms with van der Waals surface area (Å²) in [6.45, 7) is 4.95. The number of phenols is 1. The molecule has 182 valence electrons. The van der Waals surface area contributed by atoms with Gasteiger partial charge in [0.2, 0.25) is 0 Å². The van der Waals surface area contributed by atoms with Gasteiger partial charge in [0.05, 0.1) is 18.2 Å². The zero-order chi connectivity index (χ0) is 25.4. The normalized spacial score (nSPS) is 13.3. The number of hydrogen-bond donors (Lipinski definition) is 2. The van der Waals surface area contributed by atoms with Crippen LogP contribution in [0.3, 0.4) is 0 Å². The van der Waals surface area contributed by atoms with Crippen LogP contribution in [0.2, 0.25) is 0 Å². The highest BCUT2D eigenvalue weighted by molar-refractivity contribution is 7.16. The van der Waals surface area contributed by atoms with E-state index < -0.39 is 18.4 Å². The molecule has 0 saturated heterocycles. The number of aromatic nitrogens is 2. The first-order valence-electron chi connectivity index (χ1n) is 10.2. The zero-order valence-electron chi connectivity index (χ0n) is 19.1. The highest BCUT2D eigenvalue weighted by Crippen LogP contribution is 2.36. The number of imidazole rings is 1. The lowest BCUT2D eigenvalue weighted by atomic mass is 10.0. The Balaban J connectivity index is 0.00000199. The van der Waals surface area contributed by atoms with Gasteiger partial charge in [-0.1, -0.05) is 24.3 Å². The number of carbonyl (C=O) groups excluding carboxylic acids is 1. The van der Waals surface area contributed by atoms with E-state index in [2.05, 4.69) is 4.98 Å². The summed E-state index contributed by atoms with van der Waals surface area (Å²) in [5.41, 5.74) is 6.98. The number of carbonyl (C=O) groups is 1. The highest BCUT2D eigenvalue weighted by Gasteiger charge is 2.24. The largest absolute Gasteiger partial charge is 0.508 e. The predicted octanol–water partition coefficient (Wildman–Crippen LogP) is 5.96. The summed E-state index contributed by atoms with van der Waals surface area (Å²) >= 11 is 1.08. The monoisotopic (exact) mass is 493 g/mol. The Bertz CT molecular complexity index is 1230. The van der Waals surface area contributed by atoms with Gasteiger partial charge in [-0.15, -0.1) is 11.3 Å². The van der Waals surface area contributed by atoms with Crippen molar-refractivity contribution in [3.63, 3.8) is 0 Å². The maximum absolute atomic E-state index is 13.6. The first-order valence-corrected chi connectivity index (χ1v) is 11.0. The minimum atomic E-state index is -2.68. The standard InChI is InChI=1S/C23H23F2N3O3S.CH3F/c1-4-6-7-16(15(5-2)22(24)25)13(3)31-19-11-20(32-21(19)23(26)30)28-12-27-17-9-8-14(29)10-18(17)28;1-2/h4-13,22,29H,1-3H3,(H2,26,30);1H3/b6-4-,15-5+,16-7-;. The van der Waals surface area contributed by atoms with E-state index in [4.69, 9.17) is 10.5 Å². The molecule has 0 aliphatic heterocycles. The smallest absolute Gasteiger partial charge is 0.263 e. The third-order valence-electron chi connectivity index (χ3n) is 4.77. The van der Waals surface area contributed by atoms with Gasteiger partial charge in [-0.2, -0.15) is 0 Å². The van der Waals surface area contributed by atoms with Gasteiger partial charge in [-0.3, -0.25) is 13.8 Å². The van der Waals surface area contributed by atoms with Gasteiger partial charge in [-0.25, -0.2) is 13.8 Å². The van der Waals surface area contributed by atoms with Crippen molar-refractivity contribution in [3.05, 3.63) is 70.9 Å². The SMILES string of the molecule is CF.C\C=C/C=C(\C(=C/C)C(F)F)C(C)Oc1cc(-n2cnc3ccc(O)cc32)sc1C(N)=O. The molecular weight excluding hydrogens is 467 g/mol. The molecule has 6 nitrogen and oxygen atoms in total. The number of amides is 1. The highest BCUT2D eigenvalue weighted by atomic mass is 32.1. The van der Waals surface area contributed by atoms with E-state index in [1.807, 2.05) is 0 Å². The Morgan fingerprint density at radius 3 is 2.53 bits per heavy atom. The molecule has 1 atom stereocenters. The lowest BCUT2D eigenvalue weighted by Crippen LogP contribution is -2.20. The topological polar surface area (TPSA) is 90.4 Å². The van der Waals surface area contributed by atoms with Gasteiger partial charge in [0, 0.05) is 23.3 Å². The van der Waals surface area contributed by atoms with Crippen LogP contribution < -0.4 is 10.5 Å². The second-order valence-electron chi connectivity index (χ2n) is 6.88. The van der Waals surface area contributed by atoms with Crippen molar-refractivity contribution in [1.29, 1.82) is 0 Å². The summed E-state index contributed by atoms with van der Waals surface area (Å²) in [6, 6.07) is 6.36. The summed E-state index contributed by atoms with van der Waals surface area (Å²) in [5.74, 6) is -0.446. The van der Waals surface area contributed by atoms with Crippen LogP contribution in [0.15, 0.2) is 66.0 Å². The van der Waals surface area contributed by atoms with Crippen molar-refractivity contribution in [2.24, 2.45) is 5.73 Å². The first kappa shape index (κ1) is 26.7. The van der Waals surface area contributed by atoms with Gasteiger partial charge < -0.3 is 15.6 Å². The van der Waals surface area contributed by atoms with Crippen LogP contribution in [0, 0.1) is 0 Å². The minimum absolute atomic E-state index is 0.0701. The number of thiophene rings is 1. The summed E-state index contributed by atoms with van der Waals surface area (Å²) < 4.78 is 44.3. The van der Waals surface area contributed by atoms with Gasteiger partial charge in [0.15, 0.2) is 0 Å². The van der Waals surface area contributed by atoms with E-state index in [1.165, 1.54) is 19.1 Å². The minimum Gasteiger partial charge on any atom is -0.508 e. The van der Waals surface area contributed by atoms with E-state index in [-0.39, 0.29) is 21.9 Å². The molecular formula is C24H26F3N3O3S. The number of fused-ring (bicyclic) bond motifs is 1. The number of halogens is 3. The number of allylic oxidation sites excluding steroid dienone is 4. The maximum atomic E-state index is 13.6. The number of primary amides is 1. The summed E-state index contributed by atoms with van der Waals surface area (Å²) in [6.07, 6.45) is 4.38. The van der Waals surface area contributed by atoms with Crippen LogP contribution in [0.4, 0.5) is 13.2 Å². The van der Waals surface area contributed by atoms with Crippen LogP contribution in [-0.2, 0) is 0 Å². The number of ether oxygens (including phenoxy) is 1. The molecule has 0 bridgehead atoms. The van der Waals surface area contributed by atoms with Gasteiger partial charge in [0.1, 0.15) is 33.8 Å². The van der Waals surface area contributed by atoms with E-state index in [0.29, 0.717) is 28.8 Å².